The van der Waals surface area contributed by atoms with E-state index in [0.29, 0.717) is 0 Å². The molecular formula is C15H21N3S. The Morgan fingerprint density at radius 3 is 2.68 bits per heavy atom. The summed E-state index contributed by atoms with van der Waals surface area (Å²) in [5.41, 5.74) is 8.53. The highest BCUT2D eigenvalue weighted by Gasteiger charge is 2.11. The molecule has 2 aromatic rings. The lowest BCUT2D eigenvalue weighted by atomic mass is 10.2. The monoisotopic (exact) mass is 275 g/mol. The third kappa shape index (κ3) is 3.53. The number of hydrogen-bond donors (Lipinski definition) is 1. The largest absolute Gasteiger partial charge is 0.384 e. The Kier molecular flexibility index (Phi) is 4.91. The van der Waals surface area contributed by atoms with Crippen LogP contribution in [0, 0.1) is 6.92 Å². The van der Waals surface area contributed by atoms with Crippen molar-refractivity contribution in [2.45, 2.75) is 26.3 Å². The molecule has 2 N–H and O–H groups in total. The van der Waals surface area contributed by atoms with Gasteiger partial charge in [0.1, 0.15) is 11.6 Å². The summed E-state index contributed by atoms with van der Waals surface area (Å²) in [6.45, 7) is 2.82. The van der Waals surface area contributed by atoms with Crippen LogP contribution in [0.3, 0.4) is 0 Å². The Labute approximate surface area is 119 Å². The quantitative estimate of drug-likeness (QED) is 0.824. The van der Waals surface area contributed by atoms with E-state index in [2.05, 4.69) is 40.1 Å². The maximum absolute atomic E-state index is 6.23. The lowest BCUT2D eigenvalue weighted by Gasteiger charge is -2.08. The molecular weight excluding hydrogens is 254 g/mol. The molecule has 0 aliphatic heterocycles. The number of nitrogen functional groups attached to an aromatic ring is 1. The van der Waals surface area contributed by atoms with Crippen molar-refractivity contribution in [1.82, 2.24) is 9.55 Å². The SMILES string of the molecule is CSCCCc1nc(C)n(Cc2ccccc2)c1N. The van der Waals surface area contributed by atoms with E-state index >= 15 is 0 Å². The van der Waals surface area contributed by atoms with Crippen molar-refractivity contribution < 1.29 is 0 Å². The van der Waals surface area contributed by atoms with Gasteiger partial charge in [-0.05, 0) is 37.3 Å². The maximum Gasteiger partial charge on any atom is 0.127 e. The number of rotatable bonds is 6. The van der Waals surface area contributed by atoms with Crippen LogP contribution in [-0.4, -0.2) is 21.6 Å². The Morgan fingerprint density at radius 1 is 1.26 bits per heavy atom. The molecule has 1 heterocycles. The number of thioether (sulfide) groups is 1. The minimum absolute atomic E-state index is 0.800. The Bertz CT molecular complexity index is 520. The summed E-state index contributed by atoms with van der Waals surface area (Å²) in [7, 11) is 0. The number of aromatic nitrogens is 2. The number of nitrogens with zero attached hydrogens (tertiary/aromatic N) is 2. The fourth-order valence-corrected chi connectivity index (χ4v) is 2.61. The predicted molar refractivity (Wildman–Crippen MR) is 83.6 cm³/mol. The number of aryl methyl sites for hydroxylation is 2. The first kappa shape index (κ1) is 14.0. The predicted octanol–water partition coefficient (Wildman–Crippen LogP) is 3.12. The Morgan fingerprint density at radius 2 is 2.00 bits per heavy atom. The fourth-order valence-electron chi connectivity index (χ4n) is 2.18. The molecule has 4 heteroatoms. The molecule has 102 valence electrons. The van der Waals surface area contributed by atoms with Gasteiger partial charge in [-0.3, -0.25) is 0 Å². The van der Waals surface area contributed by atoms with E-state index < -0.39 is 0 Å². The van der Waals surface area contributed by atoms with Crippen LogP contribution in [0.2, 0.25) is 0 Å². The lowest BCUT2D eigenvalue weighted by Crippen LogP contribution is -2.06. The molecule has 0 spiro atoms. The molecule has 3 nitrogen and oxygen atoms in total. The van der Waals surface area contributed by atoms with Crippen LogP contribution in [0.4, 0.5) is 5.82 Å². The van der Waals surface area contributed by atoms with Gasteiger partial charge in [-0.15, -0.1) is 0 Å². The lowest BCUT2D eigenvalue weighted by molar-refractivity contribution is 0.771. The van der Waals surface area contributed by atoms with E-state index in [1.54, 1.807) is 0 Å². The zero-order chi connectivity index (χ0) is 13.7. The molecule has 0 radical (unpaired) electrons. The summed E-state index contributed by atoms with van der Waals surface area (Å²) in [6.07, 6.45) is 4.23. The second-order valence-electron chi connectivity index (χ2n) is 4.66. The minimum atomic E-state index is 0.800. The summed E-state index contributed by atoms with van der Waals surface area (Å²) in [4.78, 5) is 4.61. The highest BCUT2D eigenvalue weighted by molar-refractivity contribution is 7.98. The Balaban J connectivity index is 2.13. The Hall–Kier alpha value is -1.42. The third-order valence-electron chi connectivity index (χ3n) is 3.22. The number of anilines is 1. The maximum atomic E-state index is 6.23. The summed E-state index contributed by atoms with van der Waals surface area (Å²) in [5.74, 6) is 2.98. The average Bonchev–Trinajstić information content (AvgIpc) is 2.68. The smallest absolute Gasteiger partial charge is 0.127 e. The van der Waals surface area contributed by atoms with Crippen LogP contribution in [0.15, 0.2) is 30.3 Å². The third-order valence-corrected chi connectivity index (χ3v) is 3.92. The van der Waals surface area contributed by atoms with E-state index in [1.807, 2.05) is 24.8 Å². The summed E-state index contributed by atoms with van der Waals surface area (Å²) >= 11 is 1.86. The number of imidazole rings is 1. The molecule has 0 saturated heterocycles. The van der Waals surface area contributed by atoms with Crippen molar-refractivity contribution in [2.75, 3.05) is 17.7 Å². The van der Waals surface area contributed by atoms with Gasteiger partial charge in [-0.25, -0.2) is 4.98 Å². The second-order valence-corrected chi connectivity index (χ2v) is 5.64. The molecule has 1 aromatic carbocycles. The molecule has 1 aromatic heterocycles. The molecule has 0 unspecified atom stereocenters. The summed E-state index contributed by atoms with van der Waals surface area (Å²) in [6, 6.07) is 10.4. The van der Waals surface area contributed by atoms with Crippen LogP contribution in [0.5, 0.6) is 0 Å². The topological polar surface area (TPSA) is 43.8 Å². The highest BCUT2D eigenvalue weighted by atomic mass is 32.2. The molecule has 2 rings (SSSR count). The van der Waals surface area contributed by atoms with Gasteiger partial charge in [0.2, 0.25) is 0 Å². The molecule has 0 bridgehead atoms. The van der Waals surface area contributed by atoms with E-state index in [1.165, 1.54) is 5.56 Å². The van der Waals surface area contributed by atoms with Gasteiger partial charge in [-0.2, -0.15) is 11.8 Å². The summed E-state index contributed by atoms with van der Waals surface area (Å²) < 4.78 is 2.10. The zero-order valence-corrected chi connectivity index (χ0v) is 12.4. The van der Waals surface area contributed by atoms with Gasteiger partial charge < -0.3 is 10.3 Å². The van der Waals surface area contributed by atoms with Gasteiger partial charge in [0.25, 0.3) is 0 Å². The normalized spacial score (nSPS) is 10.8. The van der Waals surface area contributed by atoms with E-state index in [0.717, 1.165) is 42.5 Å². The molecule has 19 heavy (non-hydrogen) atoms. The first-order valence-electron chi connectivity index (χ1n) is 6.56. The molecule has 0 aliphatic carbocycles. The van der Waals surface area contributed by atoms with Gasteiger partial charge in [0.05, 0.1) is 12.2 Å². The van der Waals surface area contributed by atoms with Crippen molar-refractivity contribution in [1.29, 1.82) is 0 Å². The van der Waals surface area contributed by atoms with Gasteiger partial charge in [-0.1, -0.05) is 30.3 Å². The van der Waals surface area contributed by atoms with Crippen molar-refractivity contribution in [3.63, 3.8) is 0 Å². The summed E-state index contributed by atoms with van der Waals surface area (Å²) in [5, 5.41) is 0. The van der Waals surface area contributed by atoms with Crippen molar-refractivity contribution >= 4 is 17.6 Å². The van der Waals surface area contributed by atoms with Crippen molar-refractivity contribution in [2.24, 2.45) is 0 Å². The standard InChI is InChI=1S/C15H21N3S/c1-12-17-14(9-6-10-19-2)15(16)18(12)11-13-7-4-3-5-8-13/h3-5,7-8H,6,9-11,16H2,1-2H3. The molecule has 0 saturated carbocycles. The number of benzene rings is 1. The minimum Gasteiger partial charge on any atom is -0.384 e. The van der Waals surface area contributed by atoms with E-state index in [-0.39, 0.29) is 0 Å². The van der Waals surface area contributed by atoms with E-state index in [9.17, 15) is 0 Å². The van der Waals surface area contributed by atoms with Crippen LogP contribution in [-0.2, 0) is 13.0 Å². The number of nitrogens with two attached hydrogens (primary N) is 1. The average molecular weight is 275 g/mol. The highest BCUT2D eigenvalue weighted by Crippen LogP contribution is 2.18. The van der Waals surface area contributed by atoms with Crippen LogP contribution >= 0.6 is 11.8 Å². The van der Waals surface area contributed by atoms with Crippen LogP contribution in [0.25, 0.3) is 0 Å². The molecule has 0 fully saturated rings. The van der Waals surface area contributed by atoms with Gasteiger partial charge >= 0.3 is 0 Å². The fraction of sp³-hybridized carbons (Fsp3) is 0.400. The molecule has 0 atom stereocenters. The first-order chi connectivity index (χ1) is 9.22. The van der Waals surface area contributed by atoms with Gasteiger partial charge in [0.15, 0.2) is 0 Å². The van der Waals surface area contributed by atoms with Crippen LogP contribution < -0.4 is 5.73 Å². The van der Waals surface area contributed by atoms with Crippen molar-refractivity contribution in [3.8, 4) is 0 Å². The molecule has 0 aliphatic rings. The zero-order valence-electron chi connectivity index (χ0n) is 11.6. The first-order valence-corrected chi connectivity index (χ1v) is 7.96. The molecule has 0 amide bonds. The van der Waals surface area contributed by atoms with Crippen LogP contribution in [0.1, 0.15) is 23.5 Å². The van der Waals surface area contributed by atoms with Crippen molar-refractivity contribution in [3.05, 3.63) is 47.4 Å². The second kappa shape index (κ2) is 6.66. The van der Waals surface area contributed by atoms with E-state index in [4.69, 9.17) is 5.73 Å². The van der Waals surface area contributed by atoms with Gasteiger partial charge in [0, 0.05) is 0 Å². The number of hydrogen-bond acceptors (Lipinski definition) is 3.